The number of hydrogen-bond acceptors (Lipinski definition) is 7. The summed E-state index contributed by atoms with van der Waals surface area (Å²) < 4.78 is 49.8. The fourth-order valence-electron chi connectivity index (χ4n) is 2.45. The highest BCUT2D eigenvalue weighted by molar-refractivity contribution is 14.1. The number of ether oxygens (including phenoxy) is 1. The van der Waals surface area contributed by atoms with Crippen molar-refractivity contribution in [1.29, 1.82) is 0 Å². The van der Waals surface area contributed by atoms with Gasteiger partial charge in [-0.15, -0.1) is 0 Å². The van der Waals surface area contributed by atoms with E-state index in [1.165, 1.54) is 18.2 Å². The van der Waals surface area contributed by atoms with E-state index >= 15 is 4.39 Å². The number of rotatable bonds is 11. The van der Waals surface area contributed by atoms with Crippen LogP contribution >= 0.6 is 45.2 Å². The van der Waals surface area contributed by atoms with Crippen molar-refractivity contribution in [1.82, 2.24) is 5.48 Å². The van der Waals surface area contributed by atoms with E-state index in [9.17, 15) is 18.7 Å². The van der Waals surface area contributed by atoms with Gasteiger partial charge in [-0.1, -0.05) is 0 Å². The van der Waals surface area contributed by atoms with Gasteiger partial charge in [-0.2, -0.15) is 0 Å². The Morgan fingerprint density at radius 1 is 1.16 bits per heavy atom. The summed E-state index contributed by atoms with van der Waals surface area (Å²) in [5.41, 5.74) is 0.471. The first-order valence-electron chi connectivity index (χ1n) is 9.02. The van der Waals surface area contributed by atoms with Crippen LogP contribution in [0.3, 0.4) is 0 Å². The molecule has 0 radical (unpaired) electrons. The molecule has 2 aromatic rings. The second-order valence-corrected chi connectivity index (χ2v) is 8.60. The highest BCUT2D eigenvalue weighted by atomic mass is 127. The number of aliphatic hydroxyl groups excluding tert-OH is 3. The van der Waals surface area contributed by atoms with Crippen molar-refractivity contribution in [2.24, 2.45) is 0 Å². The van der Waals surface area contributed by atoms with E-state index < -0.39 is 55.0 Å². The third-order valence-corrected chi connectivity index (χ3v) is 5.82. The first kappa shape index (κ1) is 27.0. The Kier molecular flexibility index (Phi) is 10.8. The average molecular weight is 682 g/mol. The lowest BCUT2D eigenvalue weighted by molar-refractivity contribution is -0.00100. The number of halogens is 5. The lowest BCUT2D eigenvalue weighted by Gasteiger charge is -2.19. The lowest BCUT2D eigenvalue weighted by Crippen LogP contribution is -2.28. The van der Waals surface area contributed by atoms with Crippen LogP contribution in [0.2, 0.25) is 0 Å². The van der Waals surface area contributed by atoms with E-state index in [4.69, 9.17) is 19.8 Å². The van der Waals surface area contributed by atoms with Gasteiger partial charge in [-0.25, -0.2) is 18.7 Å². The topological polar surface area (TPSA) is 120 Å². The van der Waals surface area contributed by atoms with Crippen molar-refractivity contribution in [2.75, 3.05) is 31.7 Å². The van der Waals surface area contributed by atoms with E-state index in [2.05, 4.69) is 5.32 Å². The molecule has 0 aliphatic carbocycles. The predicted molar refractivity (Wildman–Crippen MR) is 125 cm³/mol. The molecule has 176 valence electrons. The highest BCUT2D eigenvalue weighted by Gasteiger charge is 2.28. The monoisotopic (exact) mass is 682 g/mol. The Bertz CT molecular complexity index is 967. The summed E-state index contributed by atoms with van der Waals surface area (Å²) >= 11 is 3.49. The van der Waals surface area contributed by atoms with Crippen LogP contribution in [0.1, 0.15) is 15.9 Å². The fourth-order valence-corrected chi connectivity index (χ4v) is 3.82. The SMILES string of the molecule is O=C(NOCCO)c1c(I)c(COCC(O)CO)c(F)c(F)c1Nc1ccc(I)cc1F. The van der Waals surface area contributed by atoms with Gasteiger partial charge >= 0.3 is 0 Å². The Balaban J connectivity index is 2.51. The van der Waals surface area contributed by atoms with Crippen LogP contribution in [-0.4, -0.2) is 53.8 Å². The Morgan fingerprint density at radius 2 is 1.88 bits per heavy atom. The second kappa shape index (κ2) is 12.9. The zero-order valence-electron chi connectivity index (χ0n) is 16.3. The highest BCUT2D eigenvalue weighted by Crippen LogP contribution is 2.35. The standard InChI is InChI=1S/C19H19F3I2N2O6/c20-12-5-9(23)1-2-13(12)25-18-14(19(30)26-32-4-3-27)17(24)11(15(21)16(18)22)8-31-7-10(29)6-28/h1-2,5,10,25,27-29H,3-4,6-8H2,(H,26,30). The molecule has 0 aliphatic heterocycles. The Labute approximate surface area is 208 Å². The third-order valence-electron chi connectivity index (χ3n) is 3.96. The number of hydroxylamine groups is 1. The molecule has 0 aliphatic rings. The van der Waals surface area contributed by atoms with Crippen molar-refractivity contribution in [3.05, 3.63) is 53.9 Å². The molecule has 0 bridgehead atoms. The van der Waals surface area contributed by atoms with Crippen LogP contribution < -0.4 is 10.8 Å². The lowest BCUT2D eigenvalue weighted by atomic mass is 10.1. The third kappa shape index (κ3) is 6.88. The molecular formula is C19H19F3I2N2O6. The molecule has 2 aromatic carbocycles. The molecule has 5 N–H and O–H groups in total. The summed E-state index contributed by atoms with van der Waals surface area (Å²) in [6.45, 7) is -2.12. The van der Waals surface area contributed by atoms with E-state index in [0.29, 0.717) is 3.57 Å². The number of carbonyl (C=O) groups excluding carboxylic acids is 1. The van der Waals surface area contributed by atoms with Crippen molar-refractivity contribution in [3.8, 4) is 0 Å². The van der Waals surface area contributed by atoms with E-state index in [1.54, 1.807) is 22.6 Å². The van der Waals surface area contributed by atoms with Crippen LogP contribution in [0.5, 0.6) is 0 Å². The molecule has 0 fully saturated rings. The van der Waals surface area contributed by atoms with Crippen LogP contribution in [0.4, 0.5) is 24.5 Å². The molecule has 0 aromatic heterocycles. The second-order valence-electron chi connectivity index (χ2n) is 6.27. The van der Waals surface area contributed by atoms with E-state index in [1.807, 2.05) is 28.1 Å². The molecule has 1 amide bonds. The molecule has 32 heavy (non-hydrogen) atoms. The maximum absolute atomic E-state index is 15.0. The maximum atomic E-state index is 15.0. The summed E-state index contributed by atoms with van der Waals surface area (Å²) in [5, 5.41) is 29.4. The number of anilines is 2. The average Bonchev–Trinajstić information content (AvgIpc) is 2.75. The molecule has 0 heterocycles. The minimum Gasteiger partial charge on any atom is -0.394 e. The molecule has 0 spiro atoms. The number of benzene rings is 2. The Hall–Kier alpha value is -1.24. The summed E-state index contributed by atoms with van der Waals surface area (Å²) in [5.74, 6) is -4.53. The largest absolute Gasteiger partial charge is 0.394 e. The van der Waals surface area contributed by atoms with Crippen LogP contribution in [0, 0.1) is 24.6 Å². The summed E-state index contributed by atoms with van der Waals surface area (Å²) in [4.78, 5) is 17.4. The summed E-state index contributed by atoms with van der Waals surface area (Å²) in [6, 6.07) is 4.00. The predicted octanol–water partition coefficient (Wildman–Crippen LogP) is 2.58. The van der Waals surface area contributed by atoms with E-state index in [-0.39, 0.29) is 33.6 Å². The van der Waals surface area contributed by atoms with Gasteiger partial charge in [0.05, 0.1) is 50.0 Å². The van der Waals surface area contributed by atoms with Crippen molar-refractivity contribution in [2.45, 2.75) is 12.7 Å². The zero-order valence-corrected chi connectivity index (χ0v) is 20.6. The van der Waals surface area contributed by atoms with Gasteiger partial charge in [-0.3, -0.25) is 9.63 Å². The zero-order chi connectivity index (χ0) is 23.8. The maximum Gasteiger partial charge on any atom is 0.278 e. The molecule has 8 nitrogen and oxygen atoms in total. The molecular weight excluding hydrogens is 663 g/mol. The van der Waals surface area contributed by atoms with Crippen molar-refractivity contribution in [3.63, 3.8) is 0 Å². The van der Waals surface area contributed by atoms with Gasteiger partial charge in [0.1, 0.15) is 11.9 Å². The summed E-state index contributed by atoms with van der Waals surface area (Å²) in [6.07, 6.45) is -1.22. The summed E-state index contributed by atoms with van der Waals surface area (Å²) in [7, 11) is 0. The van der Waals surface area contributed by atoms with Crippen LogP contribution in [0.15, 0.2) is 18.2 Å². The number of hydrogen-bond donors (Lipinski definition) is 5. The number of aliphatic hydroxyl groups is 3. The van der Waals surface area contributed by atoms with E-state index in [0.717, 1.165) is 0 Å². The number of amides is 1. The van der Waals surface area contributed by atoms with Crippen LogP contribution in [0.25, 0.3) is 0 Å². The van der Waals surface area contributed by atoms with Gasteiger partial charge in [-0.05, 0) is 63.4 Å². The quantitative estimate of drug-likeness (QED) is 0.107. The van der Waals surface area contributed by atoms with Gasteiger partial charge in [0.2, 0.25) is 0 Å². The molecule has 13 heteroatoms. The molecule has 1 unspecified atom stereocenters. The molecule has 0 saturated heterocycles. The Morgan fingerprint density at radius 3 is 2.50 bits per heavy atom. The first-order valence-corrected chi connectivity index (χ1v) is 11.2. The van der Waals surface area contributed by atoms with Crippen LogP contribution in [-0.2, 0) is 16.2 Å². The molecule has 2 rings (SSSR count). The number of nitrogens with one attached hydrogen (secondary N) is 2. The van der Waals surface area contributed by atoms with Crippen molar-refractivity contribution >= 4 is 62.5 Å². The molecule has 1 atom stereocenters. The van der Waals surface area contributed by atoms with Gasteiger partial charge in [0, 0.05) is 12.7 Å². The minimum absolute atomic E-state index is 0.0569. The minimum atomic E-state index is -1.46. The first-order chi connectivity index (χ1) is 15.2. The smallest absolute Gasteiger partial charge is 0.278 e. The fraction of sp³-hybridized carbons (Fsp3) is 0.316. The van der Waals surface area contributed by atoms with Gasteiger partial charge in [0.25, 0.3) is 5.91 Å². The molecule has 0 saturated carbocycles. The normalized spacial score (nSPS) is 12.0. The van der Waals surface area contributed by atoms with Gasteiger partial charge < -0.3 is 25.4 Å². The van der Waals surface area contributed by atoms with Gasteiger partial charge in [0.15, 0.2) is 11.6 Å². The van der Waals surface area contributed by atoms with Crippen molar-refractivity contribution < 1.29 is 42.9 Å². The number of carbonyl (C=O) groups is 1.